The van der Waals surface area contributed by atoms with E-state index >= 15 is 0 Å². The first kappa shape index (κ1) is 29.2. The van der Waals surface area contributed by atoms with E-state index in [2.05, 4.69) is 10.6 Å². The van der Waals surface area contributed by atoms with Gasteiger partial charge in [-0.05, 0) is 55.5 Å². The van der Waals surface area contributed by atoms with Gasteiger partial charge in [0.1, 0.15) is 24.9 Å². The lowest BCUT2D eigenvalue weighted by molar-refractivity contribution is -0.209. The lowest BCUT2D eigenvalue weighted by Crippen LogP contribution is -2.44. The number of hydrogen-bond acceptors (Lipinski definition) is 9. The Morgan fingerprint density at radius 1 is 0.976 bits per heavy atom. The van der Waals surface area contributed by atoms with E-state index in [-0.39, 0.29) is 57.6 Å². The zero-order valence-electron chi connectivity index (χ0n) is 23.0. The molecule has 3 fully saturated rings. The number of esters is 1. The van der Waals surface area contributed by atoms with Crippen molar-refractivity contribution < 1.29 is 43.5 Å². The number of fused-ring (bicyclic) bond motifs is 1. The molecule has 1 heterocycles. The Hall–Kier alpha value is -3.25. The molecule has 1 saturated heterocycles. The van der Waals surface area contributed by atoms with Gasteiger partial charge >= 0.3 is 5.97 Å². The molecule has 4 aliphatic rings. The maximum atomic E-state index is 13.2. The Bertz CT molecular complexity index is 1140. The summed E-state index contributed by atoms with van der Waals surface area (Å²) in [5, 5.41) is 23.0. The monoisotopic (exact) mass is 570 g/mol. The average molecular weight is 571 g/mol. The van der Waals surface area contributed by atoms with Crippen LogP contribution in [0.3, 0.4) is 0 Å². The van der Waals surface area contributed by atoms with Crippen LogP contribution in [0.4, 0.5) is 0 Å². The van der Waals surface area contributed by atoms with Crippen LogP contribution >= 0.6 is 0 Å². The molecule has 0 aromatic heterocycles. The minimum absolute atomic E-state index is 0.0730. The SMILES string of the molecule is O=C(CCNC(=O)C1=CC2OC(C3CC3)(C3CC3)OC2C(OC(=O)c2ccc(C=COCCO)cc2)C1)NCCO. The van der Waals surface area contributed by atoms with Crippen molar-refractivity contribution in [3.05, 3.63) is 53.3 Å². The first-order valence-corrected chi connectivity index (χ1v) is 14.4. The predicted molar refractivity (Wildman–Crippen MR) is 146 cm³/mol. The average Bonchev–Trinajstić information content (AvgIpc) is 3.91. The summed E-state index contributed by atoms with van der Waals surface area (Å²) in [7, 11) is 0. The Morgan fingerprint density at radius 2 is 1.71 bits per heavy atom. The van der Waals surface area contributed by atoms with Crippen LogP contribution in [-0.2, 0) is 28.5 Å². The van der Waals surface area contributed by atoms with Crippen LogP contribution in [0.5, 0.6) is 0 Å². The third-order valence-corrected chi connectivity index (χ3v) is 7.74. The number of aliphatic hydroxyl groups is 2. The van der Waals surface area contributed by atoms with Gasteiger partial charge in [-0.3, -0.25) is 9.59 Å². The molecule has 5 rings (SSSR count). The van der Waals surface area contributed by atoms with E-state index < -0.39 is 30.1 Å². The van der Waals surface area contributed by atoms with Crippen molar-refractivity contribution in [3.63, 3.8) is 0 Å². The fourth-order valence-electron chi connectivity index (χ4n) is 5.44. The van der Waals surface area contributed by atoms with E-state index in [0.29, 0.717) is 23.0 Å². The van der Waals surface area contributed by atoms with Crippen molar-refractivity contribution in [1.29, 1.82) is 0 Å². The highest BCUT2D eigenvalue weighted by molar-refractivity contribution is 5.94. The number of hydrogen-bond donors (Lipinski definition) is 4. The van der Waals surface area contributed by atoms with Crippen LogP contribution in [0.2, 0.25) is 0 Å². The number of ether oxygens (including phenoxy) is 4. The lowest BCUT2D eigenvalue weighted by Gasteiger charge is -2.31. The highest BCUT2D eigenvalue weighted by Gasteiger charge is 2.64. The number of benzene rings is 1. The molecule has 0 radical (unpaired) electrons. The first-order valence-electron chi connectivity index (χ1n) is 14.4. The summed E-state index contributed by atoms with van der Waals surface area (Å²) in [5.74, 6) is -1.22. The van der Waals surface area contributed by atoms with Crippen molar-refractivity contribution >= 4 is 23.9 Å². The molecule has 11 heteroatoms. The minimum Gasteiger partial charge on any atom is -0.499 e. The molecule has 0 bridgehead atoms. The molecule has 1 aromatic carbocycles. The molecule has 3 aliphatic carbocycles. The quantitative estimate of drug-likeness (QED) is 0.148. The topological polar surface area (TPSA) is 153 Å². The fraction of sp³-hybridized carbons (Fsp3) is 0.567. The third-order valence-electron chi connectivity index (χ3n) is 7.74. The summed E-state index contributed by atoms with van der Waals surface area (Å²) in [6.07, 6.45) is 7.57. The second-order valence-electron chi connectivity index (χ2n) is 10.9. The number of carbonyl (C=O) groups excluding carboxylic acids is 3. The van der Waals surface area contributed by atoms with Crippen molar-refractivity contribution in [1.82, 2.24) is 10.6 Å². The summed E-state index contributed by atoms with van der Waals surface area (Å²) in [6.45, 7) is 0.265. The number of aliphatic hydroxyl groups excluding tert-OH is 2. The van der Waals surface area contributed by atoms with E-state index in [4.69, 9.17) is 29.2 Å². The molecule has 2 saturated carbocycles. The number of amides is 2. The van der Waals surface area contributed by atoms with Gasteiger partial charge in [0.25, 0.3) is 0 Å². The normalized spacial score (nSPS) is 24.8. The summed E-state index contributed by atoms with van der Waals surface area (Å²) in [6, 6.07) is 6.83. The van der Waals surface area contributed by atoms with E-state index in [1.807, 2.05) is 0 Å². The lowest BCUT2D eigenvalue weighted by atomic mass is 9.91. The van der Waals surface area contributed by atoms with Gasteiger partial charge in [-0.25, -0.2) is 4.79 Å². The van der Waals surface area contributed by atoms with Crippen molar-refractivity contribution in [2.45, 2.75) is 62.6 Å². The van der Waals surface area contributed by atoms with Gasteiger partial charge in [0.2, 0.25) is 11.8 Å². The Balaban J connectivity index is 1.26. The van der Waals surface area contributed by atoms with Crippen LogP contribution in [0.15, 0.2) is 42.2 Å². The molecule has 2 amide bonds. The number of carbonyl (C=O) groups is 3. The molecular weight excluding hydrogens is 532 g/mol. The smallest absolute Gasteiger partial charge is 0.338 e. The minimum atomic E-state index is -0.725. The van der Waals surface area contributed by atoms with Crippen molar-refractivity contribution in [3.8, 4) is 0 Å². The highest BCUT2D eigenvalue weighted by Crippen LogP contribution is 2.59. The standard InChI is InChI=1S/C30H38N2O9/c33-13-12-31-26(35)9-11-32-28(36)21-17-24(27-25(18-21)40-30(41-27,22-5-6-22)23-7-8-23)39-29(37)20-3-1-19(2-4-20)10-15-38-16-14-34/h1-4,10,15,18,22-25,27,33-34H,5-9,11-14,16-17H2,(H,31,35)(H,32,36). The molecule has 41 heavy (non-hydrogen) atoms. The summed E-state index contributed by atoms with van der Waals surface area (Å²) in [5.41, 5.74) is 1.60. The molecule has 1 aliphatic heterocycles. The second-order valence-corrected chi connectivity index (χ2v) is 10.9. The van der Waals surface area contributed by atoms with Crippen LogP contribution in [0, 0.1) is 11.8 Å². The molecule has 4 N–H and O–H groups in total. The van der Waals surface area contributed by atoms with E-state index in [1.54, 1.807) is 36.4 Å². The van der Waals surface area contributed by atoms with Gasteiger partial charge in [-0.1, -0.05) is 12.1 Å². The van der Waals surface area contributed by atoms with Gasteiger partial charge in [0, 0.05) is 43.3 Å². The predicted octanol–water partition coefficient (Wildman–Crippen LogP) is 1.44. The fourth-order valence-corrected chi connectivity index (χ4v) is 5.44. The third kappa shape index (κ3) is 7.16. The molecule has 3 unspecified atom stereocenters. The molecule has 222 valence electrons. The zero-order chi connectivity index (χ0) is 28.8. The van der Waals surface area contributed by atoms with E-state index in [9.17, 15) is 14.4 Å². The molecule has 0 spiro atoms. The van der Waals surface area contributed by atoms with E-state index in [1.165, 1.54) is 6.26 Å². The molecular formula is C30H38N2O9. The largest absolute Gasteiger partial charge is 0.499 e. The summed E-state index contributed by atoms with van der Waals surface area (Å²) in [4.78, 5) is 38.1. The Kier molecular flexibility index (Phi) is 9.39. The maximum absolute atomic E-state index is 13.2. The first-order chi connectivity index (χ1) is 19.9. The Labute approximate surface area is 238 Å². The molecule has 3 atom stereocenters. The van der Waals surface area contributed by atoms with Crippen LogP contribution in [-0.4, -0.2) is 85.0 Å². The Morgan fingerprint density at radius 3 is 2.37 bits per heavy atom. The molecule has 11 nitrogen and oxygen atoms in total. The van der Waals surface area contributed by atoms with Crippen molar-refractivity contribution in [2.24, 2.45) is 11.8 Å². The number of rotatable bonds is 14. The van der Waals surface area contributed by atoms with Gasteiger partial charge < -0.3 is 39.8 Å². The van der Waals surface area contributed by atoms with E-state index in [0.717, 1.165) is 31.2 Å². The second kappa shape index (κ2) is 13.2. The van der Waals surface area contributed by atoms with Crippen LogP contribution in [0.25, 0.3) is 6.08 Å². The summed E-state index contributed by atoms with van der Waals surface area (Å²) >= 11 is 0. The van der Waals surface area contributed by atoms with Crippen LogP contribution < -0.4 is 10.6 Å². The van der Waals surface area contributed by atoms with Gasteiger partial charge in [-0.2, -0.15) is 0 Å². The molecule has 1 aromatic rings. The maximum Gasteiger partial charge on any atom is 0.338 e. The zero-order valence-corrected chi connectivity index (χ0v) is 23.0. The van der Waals surface area contributed by atoms with Gasteiger partial charge in [0.15, 0.2) is 5.79 Å². The highest BCUT2D eigenvalue weighted by atomic mass is 16.8. The van der Waals surface area contributed by atoms with Gasteiger partial charge in [0.05, 0.1) is 25.0 Å². The van der Waals surface area contributed by atoms with Crippen molar-refractivity contribution in [2.75, 3.05) is 32.9 Å². The van der Waals surface area contributed by atoms with Gasteiger partial charge in [-0.15, -0.1) is 0 Å². The summed E-state index contributed by atoms with van der Waals surface area (Å²) < 4.78 is 24.3. The van der Waals surface area contributed by atoms with Crippen LogP contribution in [0.1, 0.15) is 54.4 Å². The number of nitrogens with one attached hydrogen (secondary N) is 2.